The van der Waals surface area contributed by atoms with Gasteiger partial charge in [0, 0.05) is 47.2 Å². The molecule has 9 heteroatoms. The first-order valence-corrected chi connectivity index (χ1v) is 11.6. The van der Waals surface area contributed by atoms with Gasteiger partial charge >= 0.3 is 0 Å². The molecule has 6 heterocycles. The highest BCUT2D eigenvalue weighted by atomic mass is 15.2. The molecule has 0 aliphatic rings. The number of allylic oxidation sites excluding steroid dienone is 1. The summed E-state index contributed by atoms with van der Waals surface area (Å²) in [5, 5.41) is 10.9. The second-order valence-electron chi connectivity index (χ2n) is 8.82. The highest BCUT2D eigenvalue weighted by Crippen LogP contribution is 2.31. The van der Waals surface area contributed by atoms with Crippen LogP contribution in [0.2, 0.25) is 0 Å². The van der Waals surface area contributed by atoms with Crippen LogP contribution in [0.3, 0.4) is 0 Å². The van der Waals surface area contributed by atoms with Gasteiger partial charge in [-0.15, -0.1) is 0 Å². The van der Waals surface area contributed by atoms with Crippen molar-refractivity contribution in [3.05, 3.63) is 79.7 Å². The van der Waals surface area contributed by atoms with Crippen LogP contribution in [0.1, 0.15) is 13.8 Å². The molecule has 0 unspecified atom stereocenters. The summed E-state index contributed by atoms with van der Waals surface area (Å²) in [6, 6.07) is 11.8. The minimum Gasteiger partial charge on any atom is -0.358 e. The van der Waals surface area contributed by atoms with Crippen molar-refractivity contribution in [2.45, 2.75) is 13.8 Å². The van der Waals surface area contributed by atoms with Crippen LogP contribution in [-0.4, -0.2) is 40.1 Å². The molecule has 0 saturated carbocycles. The first kappa shape index (κ1) is 21.6. The maximum absolute atomic E-state index is 4.91. The third-order valence-corrected chi connectivity index (χ3v) is 6.03. The van der Waals surface area contributed by atoms with E-state index in [0.717, 1.165) is 44.8 Å². The van der Waals surface area contributed by atoms with Crippen LogP contribution in [0.5, 0.6) is 0 Å². The molecule has 0 aromatic carbocycles. The van der Waals surface area contributed by atoms with Crippen molar-refractivity contribution >= 4 is 27.9 Å². The Kier molecular flexibility index (Phi) is 5.22. The van der Waals surface area contributed by atoms with Gasteiger partial charge in [-0.3, -0.25) is 15.1 Å². The second-order valence-corrected chi connectivity index (χ2v) is 8.82. The van der Waals surface area contributed by atoms with Gasteiger partial charge in [-0.25, -0.2) is 15.0 Å². The van der Waals surface area contributed by atoms with Crippen LogP contribution in [-0.2, 0) is 0 Å². The van der Waals surface area contributed by atoms with Gasteiger partial charge < -0.3 is 10.3 Å². The number of hydrogen-bond acceptors (Lipinski definition) is 7. The third kappa shape index (κ3) is 3.86. The number of H-pyrrole nitrogens is 2. The van der Waals surface area contributed by atoms with Crippen molar-refractivity contribution in [1.29, 1.82) is 0 Å². The van der Waals surface area contributed by atoms with E-state index in [0.29, 0.717) is 28.6 Å². The quantitative estimate of drug-likeness (QED) is 0.288. The van der Waals surface area contributed by atoms with Crippen molar-refractivity contribution in [3.63, 3.8) is 0 Å². The fourth-order valence-electron chi connectivity index (χ4n) is 3.99. The van der Waals surface area contributed by atoms with Gasteiger partial charge in [0.1, 0.15) is 5.52 Å². The van der Waals surface area contributed by atoms with E-state index in [1.54, 1.807) is 24.8 Å². The molecule has 0 saturated heterocycles. The lowest BCUT2D eigenvalue weighted by Crippen LogP contribution is -2.04. The lowest BCUT2D eigenvalue weighted by atomic mass is 10.1. The summed E-state index contributed by atoms with van der Waals surface area (Å²) in [5.41, 5.74) is 8.98. The average Bonchev–Trinajstić information content (AvgIpc) is 3.53. The molecule has 6 aromatic rings. The summed E-state index contributed by atoms with van der Waals surface area (Å²) in [4.78, 5) is 26.1. The lowest BCUT2D eigenvalue weighted by molar-refractivity contribution is 0.778. The molecule has 176 valence electrons. The Hall–Kier alpha value is -4.92. The first-order valence-electron chi connectivity index (χ1n) is 11.6. The molecule has 6 aromatic heterocycles. The second kappa shape index (κ2) is 8.70. The topological polar surface area (TPSA) is 121 Å². The molecular formula is C27H23N9. The smallest absolute Gasteiger partial charge is 0.178 e. The molecule has 36 heavy (non-hydrogen) atoms. The molecule has 0 fully saturated rings. The van der Waals surface area contributed by atoms with Gasteiger partial charge in [-0.2, -0.15) is 5.10 Å². The molecule has 0 amide bonds. The number of rotatable bonds is 6. The van der Waals surface area contributed by atoms with Gasteiger partial charge in [0.05, 0.1) is 28.6 Å². The Labute approximate surface area is 206 Å². The fraction of sp³-hybridized carbons (Fsp3) is 0.111. The van der Waals surface area contributed by atoms with E-state index in [2.05, 4.69) is 55.9 Å². The number of aromatic amines is 2. The van der Waals surface area contributed by atoms with E-state index in [1.807, 2.05) is 42.6 Å². The number of nitrogens with zero attached hydrogens (tertiary/aromatic N) is 6. The van der Waals surface area contributed by atoms with Crippen LogP contribution in [0, 0.1) is 5.92 Å². The zero-order valence-corrected chi connectivity index (χ0v) is 19.8. The summed E-state index contributed by atoms with van der Waals surface area (Å²) in [7, 11) is 0. The standard InChI is InChI=1S/C27H23N9/c1-15(2)16(3)31-19-11-18(13-29-14-19)21-6-7-22-24(32-21)25(36-35-22)27-33-23-20(8-10-30-26(23)34-27)17-5-4-9-28-12-17/h4-15,31H,3H2,1-2H3,(H,35,36)(H,30,33,34). The molecule has 0 atom stereocenters. The maximum Gasteiger partial charge on any atom is 0.178 e. The average molecular weight is 474 g/mol. The van der Waals surface area contributed by atoms with E-state index >= 15 is 0 Å². The van der Waals surface area contributed by atoms with Gasteiger partial charge in [0.2, 0.25) is 0 Å². The minimum absolute atomic E-state index is 0.314. The fourth-order valence-corrected chi connectivity index (χ4v) is 3.99. The Bertz CT molecular complexity index is 1710. The summed E-state index contributed by atoms with van der Waals surface area (Å²) in [6.07, 6.45) is 8.89. The highest BCUT2D eigenvalue weighted by molar-refractivity contribution is 5.94. The Morgan fingerprint density at radius 3 is 2.69 bits per heavy atom. The van der Waals surface area contributed by atoms with Crippen LogP contribution in [0.25, 0.3) is 56.1 Å². The molecule has 0 bridgehead atoms. The summed E-state index contributed by atoms with van der Waals surface area (Å²) >= 11 is 0. The molecule has 0 spiro atoms. The summed E-state index contributed by atoms with van der Waals surface area (Å²) in [5.74, 6) is 0.903. The van der Waals surface area contributed by atoms with E-state index in [4.69, 9.17) is 9.97 Å². The van der Waals surface area contributed by atoms with Crippen LogP contribution in [0.15, 0.2) is 79.7 Å². The zero-order chi connectivity index (χ0) is 24.6. The van der Waals surface area contributed by atoms with Crippen molar-refractivity contribution in [3.8, 4) is 33.9 Å². The molecule has 3 N–H and O–H groups in total. The molecular weight excluding hydrogens is 450 g/mol. The minimum atomic E-state index is 0.314. The zero-order valence-electron chi connectivity index (χ0n) is 19.8. The van der Waals surface area contributed by atoms with E-state index in [1.165, 1.54) is 0 Å². The first-order chi connectivity index (χ1) is 17.6. The normalized spacial score (nSPS) is 11.4. The maximum atomic E-state index is 4.91. The van der Waals surface area contributed by atoms with Crippen LogP contribution >= 0.6 is 0 Å². The van der Waals surface area contributed by atoms with Crippen molar-refractivity contribution < 1.29 is 0 Å². The van der Waals surface area contributed by atoms with Gasteiger partial charge in [-0.05, 0) is 36.2 Å². The Morgan fingerprint density at radius 1 is 0.972 bits per heavy atom. The molecule has 6 rings (SSSR count). The monoisotopic (exact) mass is 473 g/mol. The number of fused-ring (bicyclic) bond motifs is 2. The van der Waals surface area contributed by atoms with Crippen molar-refractivity contribution in [2.24, 2.45) is 5.92 Å². The van der Waals surface area contributed by atoms with Gasteiger partial charge in [-0.1, -0.05) is 26.5 Å². The van der Waals surface area contributed by atoms with E-state index in [-0.39, 0.29) is 0 Å². The molecule has 0 aliphatic heterocycles. The van der Waals surface area contributed by atoms with Crippen molar-refractivity contribution in [2.75, 3.05) is 5.32 Å². The van der Waals surface area contributed by atoms with Crippen molar-refractivity contribution in [1.82, 2.24) is 40.1 Å². The number of anilines is 1. The number of aromatic nitrogens is 8. The molecule has 0 aliphatic carbocycles. The van der Waals surface area contributed by atoms with Crippen LogP contribution in [0.4, 0.5) is 5.69 Å². The number of imidazole rings is 1. The van der Waals surface area contributed by atoms with E-state index < -0.39 is 0 Å². The summed E-state index contributed by atoms with van der Waals surface area (Å²) < 4.78 is 0. The number of nitrogens with one attached hydrogen (secondary N) is 3. The van der Waals surface area contributed by atoms with Gasteiger partial charge in [0.25, 0.3) is 0 Å². The Balaban J connectivity index is 1.41. The third-order valence-electron chi connectivity index (χ3n) is 6.03. The predicted octanol–water partition coefficient (Wildman–Crippen LogP) is 5.60. The van der Waals surface area contributed by atoms with Gasteiger partial charge in [0.15, 0.2) is 17.2 Å². The number of pyridine rings is 4. The largest absolute Gasteiger partial charge is 0.358 e. The summed E-state index contributed by atoms with van der Waals surface area (Å²) in [6.45, 7) is 8.27. The number of hydrogen-bond donors (Lipinski definition) is 3. The molecule has 9 nitrogen and oxygen atoms in total. The SMILES string of the molecule is C=C(Nc1cncc(-c2ccc3[nH]nc(-c4nc5nccc(-c6cccnc6)c5[nH]4)c3n2)c1)C(C)C. The molecule has 0 radical (unpaired) electrons. The van der Waals surface area contributed by atoms with E-state index in [9.17, 15) is 0 Å². The Morgan fingerprint density at radius 2 is 1.86 bits per heavy atom. The predicted molar refractivity (Wildman–Crippen MR) is 141 cm³/mol. The highest BCUT2D eigenvalue weighted by Gasteiger charge is 2.17. The van der Waals surface area contributed by atoms with Crippen LogP contribution < -0.4 is 5.32 Å². The lowest BCUT2D eigenvalue weighted by Gasteiger charge is -2.13.